The largest absolute Gasteiger partial charge is 0.361 e. The van der Waals surface area contributed by atoms with Crippen LogP contribution in [-0.4, -0.2) is 14.2 Å². The maximum atomic E-state index is 12.4. The Morgan fingerprint density at radius 3 is 2.75 bits per heavy atom. The molecule has 0 saturated heterocycles. The maximum absolute atomic E-state index is 12.4. The molecule has 1 aromatic carbocycles. The summed E-state index contributed by atoms with van der Waals surface area (Å²) >= 11 is 0. The minimum Gasteiger partial charge on any atom is -0.361 e. The molecule has 0 radical (unpaired) electrons. The molecule has 0 spiro atoms. The molecule has 3 aromatic rings. The first kappa shape index (κ1) is 12.8. The van der Waals surface area contributed by atoms with Crippen molar-refractivity contribution >= 4 is 10.8 Å². The molecule has 2 heterocycles. The molecule has 3 nitrogen and oxygen atoms in total. The summed E-state index contributed by atoms with van der Waals surface area (Å²) in [4.78, 5) is 8.20. The Kier molecular flexibility index (Phi) is 3.74. The van der Waals surface area contributed by atoms with E-state index in [1.807, 2.05) is 60.8 Å². The smallest absolute Gasteiger partial charge is 0.0705 e. The molecule has 4 heteroatoms. The van der Waals surface area contributed by atoms with Gasteiger partial charge in [-0.05, 0) is 42.0 Å². The lowest BCUT2D eigenvalue weighted by Gasteiger charge is -2.04. The molecule has 1 unspecified atom stereocenters. The van der Waals surface area contributed by atoms with Crippen molar-refractivity contribution in [1.82, 2.24) is 9.97 Å². The third kappa shape index (κ3) is 2.86. The van der Waals surface area contributed by atoms with Gasteiger partial charge in [0.15, 0.2) is 0 Å². The number of nitrogens with one attached hydrogen (secondary N) is 1. The Morgan fingerprint density at radius 2 is 2.00 bits per heavy atom. The number of pyridine rings is 1. The van der Waals surface area contributed by atoms with E-state index < -0.39 is 10.8 Å². The predicted octanol–water partition coefficient (Wildman–Crippen LogP) is 3.38. The van der Waals surface area contributed by atoms with Gasteiger partial charge in [-0.15, -0.1) is 0 Å². The van der Waals surface area contributed by atoms with E-state index in [0.717, 1.165) is 21.8 Å². The quantitative estimate of drug-likeness (QED) is 0.797. The number of aromatic nitrogens is 2. The van der Waals surface area contributed by atoms with Crippen LogP contribution < -0.4 is 0 Å². The molecular weight excluding hydrogens is 268 g/mol. The van der Waals surface area contributed by atoms with Crippen molar-refractivity contribution in [3.63, 3.8) is 0 Å². The number of rotatable bonds is 4. The SMILES string of the molecule is O=S(Cc1ccccn1)c1cccc(-c2ccc[nH]2)c1. The van der Waals surface area contributed by atoms with E-state index in [1.165, 1.54) is 0 Å². The molecule has 0 fully saturated rings. The molecular formula is C16H14N2OS. The van der Waals surface area contributed by atoms with E-state index in [4.69, 9.17) is 0 Å². The van der Waals surface area contributed by atoms with Gasteiger partial charge < -0.3 is 4.98 Å². The van der Waals surface area contributed by atoms with Gasteiger partial charge in [0.25, 0.3) is 0 Å². The summed E-state index contributed by atoms with van der Waals surface area (Å²) in [6.07, 6.45) is 3.61. The third-order valence-electron chi connectivity index (χ3n) is 3.01. The van der Waals surface area contributed by atoms with Crippen LogP contribution in [0.1, 0.15) is 5.69 Å². The fraction of sp³-hybridized carbons (Fsp3) is 0.0625. The second-order valence-corrected chi connectivity index (χ2v) is 5.87. The van der Waals surface area contributed by atoms with Crippen molar-refractivity contribution in [1.29, 1.82) is 0 Å². The molecule has 20 heavy (non-hydrogen) atoms. The van der Waals surface area contributed by atoms with E-state index >= 15 is 0 Å². The summed E-state index contributed by atoms with van der Waals surface area (Å²) in [6, 6.07) is 17.4. The van der Waals surface area contributed by atoms with Crippen molar-refractivity contribution in [2.45, 2.75) is 10.6 Å². The Labute approximate surface area is 120 Å². The van der Waals surface area contributed by atoms with Gasteiger partial charge in [0.05, 0.1) is 22.2 Å². The summed E-state index contributed by atoms with van der Waals surface area (Å²) < 4.78 is 12.4. The second kappa shape index (κ2) is 5.84. The molecule has 0 bridgehead atoms. The van der Waals surface area contributed by atoms with E-state index in [2.05, 4.69) is 9.97 Å². The first-order chi connectivity index (χ1) is 9.83. The Morgan fingerprint density at radius 1 is 1.05 bits per heavy atom. The summed E-state index contributed by atoms with van der Waals surface area (Å²) in [7, 11) is -1.08. The zero-order valence-electron chi connectivity index (χ0n) is 10.8. The molecule has 0 amide bonds. The minimum atomic E-state index is -1.08. The van der Waals surface area contributed by atoms with Crippen molar-refractivity contribution in [3.05, 3.63) is 72.7 Å². The summed E-state index contributed by atoms with van der Waals surface area (Å²) in [5.41, 5.74) is 2.92. The Hall–Kier alpha value is -2.20. The molecule has 0 aliphatic rings. The number of hydrogen-bond donors (Lipinski definition) is 1. The fourth-order valence-electron chi connectivity index (χ4n) is 2.02. The van der Waals surface area contributed by atoms with Crippen LogP contribution in [0.5, 0.6) is 0 Å². The summed E-state index contributed by atoms with van der Waals surface area (Å²) in [5, 5.41) is 0. The Balaban J connectivity index is 1.84. The van der Waals surface area contributed by atoms with Crippen LogP contribution in [0.2, 0.25) is 0 Å². The molecule has 0 aliphatic carbocycles. The first-order valence-corrected chi connectivity index (χ1v) is 7.67. The van der Waals surface area contributed by atoms with Crippen LogP contribution in [0.3, 0.4) is 0 Å². The number of benzene rings is 1. The molecule has 1 atom stereocenters. The first-order valence-electron chi connectivity index (χ1n) is 6.35. The van der Waals surface area contributed by atoms with Gasteiger partial charge in [0.2, 0.25) is 0 Å². The average molecular weight is 282 g/mol. The van der Waals surface area contributed by atoms with E-state index in [1.54, 1.807) is 6.20 Å². The lowest BCUT2D eigenvalue weighted by atomic mass is 10.2. The van der Waals surface area contributed by atoms with Gasteiger partial charge in [-0.3, -0.25) is 9.19 Å². The van der Waals surface area contributed by atoms with Gasteiger partial charge in [-0.2, -0.15) is 0 Å². The van der Waals surface area contributed by atoms with Gasteiger partial charge in [-0.25, -0.2) is 0 Å². The highest BCUT2D eigenvalue weighted by Crippen LogP contribution is 2.21. The standard InChI is InChI=1S/C16H14N2OS/c19-20(12-14-6-1-2-9-17-14)15-7-3-5-13(11-15)16-8-4-10-18-16/h1-11,18H,12H2. The Bertz CT molecular complexity index is 708. The molecule has 100 valence electrons. The molecule has 3 rings (SSSR count). The van der Waals surface area contributed by atoms with Crippen molar-refractivity contribution in [2.24, 2.45) is 0 Å². The normalized spacial score (nSPS) is 12.2. The lowest BCUT2D eigenvalue weighted by molar-refractivity contribution is 0.682. The minimum absolute atomic E-state index is 0.440. The average Bonchev–Trinajstić information content (AvgIpc) is 3.03. The van der Waals surface area contributed by atoms with Crippen LogP contribution in [0.4, 0.5) is 0 Å². The van der Waals surface area contributed by atoms with Crippen molar-refractivity contribution in [2.75, 3.05) is 0 Å². The van der Waals surface area contributed by atoms with Crippen LogP contribution in [0.25, 0.3) is 11.3 Å². The van der Waals surface area contributed by atoms with Gasteiger partial charge in [0, 0.05) is 23.0 Å². The fourth-order valence-corrected chi connectivity index (χ4v) is 3.11. The zero-order chi connectivity index (χ0) is 13.8. The molecule has 0 aliphatic heterocycles. The van der Waals surface area contributed by atoms with Gasteiger partial charge in [0.1, 0.15) is 0 Å². The molecule has 0 saturated carbocycles. The van der Waals surface area contributed by atoms with Gasteiger partial charge in [-0.1, -0.05) is 18.2 Å². The predicted molar refractivity (Wildman–Crippen MR) is 80.6 cm³/mol. The summed E-state index contributed by atoms with van der Waals surface area (Å²) in [6.45, 7) is 0. The molecule has 2 aromatic heterocycles. The van der Waals surface area contributed by atoms with Crippen LogP contribution in [0, 0.1) is 0 Å². The second-order valence-electron chi connectivity index (χ2n) is 4.42. The number of nitrogens with zero attached hydrogens (tertiary/aromatic N) is 1. The van der Waals surface area contributed by atoms with Crippen molar-refractivity contribution in [3.8, 4) is 11.3 Å². The highest BCUT2D eigenvalue weighted by Gasteiger charge is 2.07. The van der Waals surface area contributed by atoms with Crippen molar-refractivity contribution < 1.29 is 4.21 Å². The number of aromatic amines is 1. The lowest BCUT2D eigenvalue weighted by Crippen LogP contribution is -1.98. The zero-order valence-corrected chi connectivity index (χ0v) is 11.6. The van der Waals surface area contributed by atoms with Crippen LogP contribution in [-0.2, 0) is 16.6 Å². The van der Waals surface area contributed by atoms with Crippen LogP contribution in [0.15, 0.2) is 71.9 Å². The third-order valence-corrected chi connectivity index (χ3v) is 4.35. The van der Waals surface area contributed by atoms with E-state index in [9.17, 15) is 4.21 Å². The number of H-pyrrole nitrogens is 1. The van der Waals surface area contributed by atoms with Crippen LogP contribution >= 0.6 is 0 Å². The highest BCUT2D eigenvalue weighted by molar-refractivity contribution is 7.84. The van der Waals surface area contributed by atoms with E-state index in [-0.39, 0.29) is 0 Å². The monoisotopic (exact) mass is 282 g/mol. The van der Waals surface area contributed by atoms with E-state index in [0.29, 0.717) is 5.75 Å². The summed E-state index contributed by atoms with van der Waals surface area (Å²) in [5.74, 6) is 0.440. The topological polar surface area (TPSA) is 45.8 Å². The van der Waals surface area contributed by atoms with Gasteiger partial charge >= 0.3 is 0 Å². The molecule has 1 N–H and O–H groups in total. The highest BCUT2D eigenvalue weighted by atomic mass is 32.2. The number of hydrogen-bond acceptors (Lipinski definition) is 2. The maximum Gasteiger partial charge on any atom is 0.0705 e.